The molecule has 0 unspecified atom stereocenters. The lowest BCUT2D eigenvalue weighted by Crippen LogP contribution is -2.48. The van der Waals surface area contributed by atoms with E-state index in [9.17, 15) is 4.79 Å². The predicted octanol–water partition coefficient (Wildman–Crippen LogP) is 2.00. The van der Waals surface area contributed by atoms with Crippen molar-refractivity contribution in [3.05, 3.63) is 12.2 Å². The summed E-state index contributed by atoms with van der Waals surface area (Å²) in [5.74, 6) is 1.02. The van der Waals surface area contributed by atoms with Crippen LogP contribution in [0.5, 0.6) is 0 Å². The molecule has 0 spiro atoms. The van der Waals surface area contributed by atoms with Gasteiger partial charge in [-0.25, -0.2) is 0 Å². The van der Waals surface area contributed by atoms with Gasteiger partial charge in [-0.2, -0.15) is 0 Å². The van der Waals surface area contributed by atoms with Crippen LogP contribution in [-0.4, -0.2) is 29.3 Å². The molecule has 78 valence electrons. The molecular weight excluding hydrogens is 174 g/mol. The highest BCUT2D eigenvalue weighted by Gasteiger charge is 2.39. The van der Waals surface area contributed by atoms with Crippen LogP contribution in [0.4, 0.5) is 0 Å². The number of hydrogen-bond donors (Lipinski definition) is 0. The lowest BCUT2D eigenvalue weighted by molar-refractivity contribution is -0.125. The number of carbonyl (C=O) groups is 1. The van der Waals surface area contributed by atoms with E-state index in [1.54, 1.807) is 0 Å². The molecule has 2 rings (SSSR count). The van der Waals surface area contributed by atoms with Crippen molar-refractivity contribution in [3.8, 4) is 0 Å². The fourth-order valence-corrected chi connectivity index (χ4v) is 2.80. The largest absolute Gasteiger partial charge is 0.300 e. The predicted molar refractivity (Wildman–Crippen MR) is 57.1 cm³/mol. The lowest BCUT2D eigenvalue weighted by Gasteiger charge is -2.38. The summed E-state index contributed by atoms with van der Waals surface area (Å²) in [7, 11) is 0. The maximum Gasteiger partial charge on any atom is 0.136 e. The van der Waals surface area contributed by atoms with Gasteiger partial charge < -0.3 is 0 Å². The third kappa shape index (κ3) is 1.63. The molecule has 2 atom stereocenters. The van der Waals surface area contributed by atoms with Crippen LogP contribution in [0.25, 0.3) is 0 Å². The van der Waals surface area contributed by atoms with Gasteiger partial charge in [0, 0.05) is 31.5 Å². The first-order valence-electron chi connectivity index (χ1n) is 5.52. The summed E-state index contributed by atoms with van der Waals surface area (Å²) >= 11 is 0. The quantitative estimate of drug-likeness (QED) is 0.594. The summed E-state index contributed by atoms with van der Waals surface area (Å²) in [6, 6.07) is 0.927. The van der Waals surface area contributed by atoms with Gasteiger partial charge in [-0.05, 0) is 12.3 Å². The van der Waals surface area contributed by atoms with Crippen molar-refractivity contribution in [2.75, 3.05) is 6.54 Å². The van der Waals surface area contributed by atoms with Crippen LogP contribution >= 0.6 is 0 Å². The molecule has 14 heavy (non-hydrogen) atoms. The Bertz CT molecular complexity index is 269. The van der Waals surface area contributed by atoms with E-state index in [2.05, 4.69) is 25.3 Å². The van der Waals surface area contributed by atoms with E-state index in [0.29, 0.717) is 23.8 Å². The van der Waals surface area contributed by atoms with Crippen LogP contribution in [0.1, 0.15) is 33.1 Å². The van der Waals surface area contributed by atoms with Gasteiger partial charge >= 0.3 is 0 Å². The highest BCUT2D eigenvalue weighted by molar-refractivity contribution is 5.80. The normalized spacial score (nSPS) is 33.9. The maximum absolute atomic E-state index is 11.6. The van der Waals surface area contributed by atoms with Crippen molar-refractivity contribution in [2.24, 2.45) is 5.92 Å². The third-order valence-electron chi connectivity index (χ3n) is 3.50. The topological polar surface area (TPSA) is 20.3 Å². The minimum Gasteiger partial charge on any atom is -0.300 e. The smallest absolute Gasteiger partial charge is 0.136 e. The maximum atomic E-state index is 11.6. The van der Waals surface area contributed by atoms with Gasteiger partial charge in [-0.15, -0.1) is 0 Å². The molecule has 0 aromatic heterocycles. The van der Waals surface area contributed by atoms with Crippen molar-refractivity contribution in [1.82, 2.24) is 4.90 Å². The molecule has 2 aliphatic rings. The van der Waals surface area contributed by atoms with Gasteiger partial charge in [-0.3, -0.25) is 9.69 Å². The van der Waals surface area contributed by atoms with E-state index >= 15 is 0 Å². The first-order valence-corrected chi connectivity index (χ1v) is 5.52. The van der Waals surface area contributed by atoms with E-state index in [-0.39, 0.29) is 0 Å². The Morgan fingerprint density at radius 3 is 2.71 bits per heavy atom. The summed E-state index contributed by atoms with van der Waals surface area (Å²) in [5, 5.41) is 0. The lowest BCUT2D eigenvalue weighted by atomic mass is 9.89. The van der Waals surface area contributed by atoms with Crippen molar-refractivity contribution in [1.29, 1.82) is 0 Å². The standard InChI is InChI=1S/C12H19NO/c1-8(2)12-6-11(14)5-10-4-9(3)7-13(10)12/h8,10,12H,3-7H2,1-2H3/t10-,12+/m0/s1. The van der Waals surface area contributed by atoms with Gasteiger partial charge in [0.15, 0.2) is 0 Å². The number of ketones is 1. The molecule has 0 bridgehead atoms. The van der Waals surface area contributed by atoms with Crippen LogP contribution in [0, 0.1) is 5.92 Å². The molecule has 0 aromatic carbocycles. The van der Waals surface area contributed by atoms with Gasteiger partial charge in [0.25, 0.3) is 0 Å². The van der Waals surface area contributed by atoms with Gasteiger partial charge in [0.05, 0.1) is 0 Å². The summed E-state index contributed by atoms with van der Waals surface area (Å²) < 4.78 is 0. The first kappa shape index (κ1) is 9.91. The van der Waals surface area contributed by atoms with Crippen molar-refractivity contribution >= 4 is 5.78 Å². The molecule has 0 saturated carbocycles. The summed E-state index contributed by atoms with van der Waals surface area (Å²) in [6.45, 7) is 9.48. The van der Waals surface area contributed by atoms with Crippen molar-refractivity contribution in [2.45, 2.75) is 45.2 Å². The second-order valence-electron chi connectivity index (χ2n) is 5.04. The molecule has 2 saturated heterocycles. The van der Waals surface area contributed by atoms with Crippen LogP contribution in [0.2, 0.25) is 0 Å². The van der Waals surface area contributed by atoms with E-state index < -0.39 is 0 Å². The Morgan fingerprint density at radius 2 is 2.07 bits per heavy atom. The van der Waals surface area contributed by atoms with E-state index in [4.69, 9.17) is 0 Å². The Labute approximate surface area is 86.0 Å². The molecule has 2 heteroatoms. The highest BCUT2D eigenvalue weighted by atomic mass is 16.1. The highest BCUT2D eigenvalue weighted by Crippen LogP contribution is 2.34. The Kier molecular flexibility index (Phi) is 2.48. The number of Topliss-reactive ketones (excluding diaryl/α,β-unsaturated/α-hetero) is 1. The molecule has 0 amide bonds. The Morgan fingerprint density at radius 1 is 1.36 bits per heavy atom. The average molecular weight is 193 g/mol. The molecule has 2 nitrogen and oxygen atoms in total. The molecule has 0 N–H and O–H groups in total. The number of carbonyl (C=O) groups excluding carboxylic acids is 1. The van der Waals surface area contributed by atoms with Gasteiger partial charge in [-0.1, -0.05) is 26.0 Å². The van der Waals surface area contributed by atoms with Gasteiger partial charge in [0.1, 0.15) is 5.78 Å². The Hall–Kier alpha value is -0.630. The molecule has 0 radical (unpaired) electrons. The van der Waals surface area contributed by atoms with Crippen molar-refractivity contribution in [3.63, 3.8) is 0 Å². The molecule has 2 aliphatic heterocycles. The zero-order valence-electron chi connectivity index (χ0n) is 9.12. The van der Waals surface area contributed by atoms with E-state index in [1.165, 1.54) is 5.57 Å². The van der Waals surface area contributed by atoms with Crippen LogP contribution in [0.15, 0.2) is 12.2 Å². The number of nitrogens with zero attached hydrogens (tertiary/aromatic N) is 1. The van der Waals surface area contributed by atoms with Gasteiger partial charge in [0.2, 0.25) is 0 Å². The number of hydrogen-bond acceptors (Lipinski definition) is 2. The minimum atomic E-state index is 0.444. The van der Waals surface area contributed by atoms with E-state index in [1.807, 2.05) is 0 Å². The number of fused-ring (bicyclic) bond motifs is 1. The Balaban J connectivity index is 2.17. The molecule has 2 heterocycles. The zero-order chi connectivity index (χ0) is 10.3. The zero-order valence-corrected chi connectivity index (χ0v) is 9.12. The fourth-order valence-electron chi connectivity index (χ4n) is 2.80. The second-order valence-corrected chi connectivity index (χ2v) is 5.04. The number of piperidine rings is 1. The summed E-state index contributed by atoms with van der Waals surface area (Å²) in [4.78, 5) is 14.1. The van der Waals surface area contributed by atoms with E-state index in [0.717, 1.165) is 25.8 Å². The second kappa shape index (κ2) is 3.50. The summed E-state index contributed by atoms with van der Waals surface area (Å²) in [5.41, 5.74) is 1.30. The molecular formula is C12H19NO. The average Bonchev–Trinajstić information content (AvgIpc) is 2.42. The van der Waals surface area contributed by atoms with Crippen LogP contribution in [0.3, 0.4) is 0 Å². The van der Waals surface area contributed by atoms with Crippen LogP contribution in [-0.2, 0) is 4.79 Å². The molecule has 2 fully saturated rings. The first-order chi connectivity index (χ1) is 6.58. The molecule has 0 aliphatic carbocycles. The van der Waals surface area contributed by atoms with Crippen molar-refractivity contribution < 1.29 is 4.79 Å². The fraction of sp³-hybridized carbons (Fsp3) is 0.750. The minimum absolute atomic E-state index is 0.444. The SMILES string of the molecule is C=C1C[C@H]2CC(=O)C[C@H](C(C)C)N2C1. The monoisotopic (exact) mass is 193 g/mol. The number of rotatable bonds is 1. The van der Waals surface area contributed by atoms with Crippen LogP contribution < -0.4 is 0 Å². The molecule has 0 aromatic rings. The third-order valence-corrected chi connectivity index (χ3v) is 3.50. The summed E-state index contributed by atoms with van der Waals surface area (Å²) in [6.07, 6.45) is 2.54.